The number of benzene rings is 2. The normalized spacial score (nSPS) is 11.0. The molecule has 0 aliphatic heterocycles. The third-order valence-electron chi connectivity index (χ3n) is 4.28. The molecular weight excluding hydrogens is 383 g/mol. The molecule has 6 nitrogen and oxygen atoms in total. The Morgan fingerprint density at radius 1 is 1.18 bits per heavy atom. The summed E-state index contributed by atoms with van der Waals surface area (Å²) in [5.41, 5.74) is 2.07. The molecule has 0 saturated carbocycles. The standard InChI is InChI=1S/C20H14ClFN4O2/c1-11-17-18(21)14(20(28)24-15-4-2-3-5-16(15)27)10-23-19(17)26(25-11)13-8-6-12(22)7-9-13/h2-10,27H,1H3,(H,24,28). The van der Waals surface area contributed by atoms with Crippen molar-refractivity contribution in [2.75, 3.05) is 5.32 Å². The fraction of sp³-hybridized carbons (Fsp3) is 0.0500. The number of hydrogen-bond acceptors (Lipinski definition) is 4. The SMILES string of the molecule is Cc1nn(-c2ccc(F)cc2)c2ncc(C(=O)Nc3ccccc3O)c(Cl)c12. The molecule has 0 unspecified atom stereocenters. The number of para-hydroxylation sites is 2. The van der Waals surface area contributed by atoms with Crippen molar-refractivity contribution >= 4 is 34.2 Å². The molecule has 8 heteroatoms. The molecule has 0 aliphatic rings. The number of halogens is 2. The van der Waals surface area contributed by atoms with E-state index in [1.54, 1.807) is 41.9 Å². The van der Waals surface area contributed by atoms with Crippen LogP contribution in [-0.2, 0) is 0 Å². The Labute approximate surface area is 164 Å². The number of pyridine rings is 1. The molecule has 2 aromatic carbocycles. The molecule has 0 aliphatic carbocycles. The van der Waals surface area contributed by atoms with Crippen LogP contribution < -0.4 is 5.32 Å². The van der Waals surface area contributed by atoms with Crippen LogP contribution in [0.3, 0.4) is 0 Å². The molecule has 0 fully saturated rings. The number of fused-ring (bicyclic) bond motifs is 1. The van der Waals surface area contributed by atoms with E-state index in [-0.39, 0.29) is 27.8 Å². The number of hydrogen-bond donors (Lipinski definition) is 2. The summed E-state index contributed by atoms with van der Waals surface area (Å²) in [5, 5.41) is 17.6. The molecule has 0 atom stereocenters. The van der Waals surface area contributed by atoms with E-state index in [2.05, 4.69) is 15.4 Å². The third-order valence-corrected chi connectivity index (χ3v) is 4.67. The number of nitrogens with zero attached hydrogens (tertiary/aromatic N) is 3. The van der Waals surface area contributed by atoms with Gasteiger partial charge in [0.1, 0.15) is 11.6 Å². The monoisotopic (exact) mass is 396 g/mol. The van der Waals surface area contributed by atoms with Crippen molar-refractivity contribution in [3.8, 4) is 11.4 Å². The zero-order chi connectivity index (χ0) is 19.8. The highest BCUT2D eigenvalue weighted by atomic mass is 35.5. The number of aromatic nitrogens is 3. The average Bonchev–Trinajstić information content (AvgIpc) is 3.02. The van der Waals surface area contributed by atoms with Gasteiger partial charge in [0, 0.05) is 6.20 Å². The van der Waals surface area contributed by atoms with Crippen LogP contribution in [0.2, 0.25) is 5.02 Å². The highest BCUT2D eigenvalue weighted by molar-refractivity contribution is 6.39. The van der Waals surface area contributed by atoms with Gasteiger partial charge in [-0.2, -0.15) is 5.10 Å². The molecule has 0 spiro atoms. The number of phenols is 1. The van der Waals surface area contributed by atoms with Gasteiger partial charge < -0.3 is 10.4 Å². The summed E-state index contributed by atoms with van der Waals surface area (Å²) in [4.78, 5) is 17.0. The second-order valence-electron chi connectivity index (χ2n) is 6.13. The van der Waals surface area contributed by atoms with E-state index in [1.807, 2.05) is 0 Å². The first kappa shape index (κ1) is 17.9. The maximum atomic E-state index is 13.2. The van der Waals surface area contributed by atoms with Gasteiger partial charge >= 0.3 is 0 Å². The van der Waals surface area contributed by atoms with Crippen molar-refractivity contribution in [1.29, 1.82) is 0 Å². The summed E-state index contributed by atoms with van der Waals surface area (Å²) in [6, 6.07) is 12.2. The molecule has 28 heavy (non-hydrogen) atoms. The second-order valence-corrected chi connectivity index (χ2v) is 6.51. The highest BCUT2D eigenvalue weighted by Gasteiger charge is 2.20. The average molecular weight is 397 g/mol. The Morgan fingerprint density at radius 3 is 2.61 bits per heavy atom. The molecule has 0 radical (unpaired) electrons. The van der Waals surface area contributed by atoms with E-state index >= 15 is 0 Å². The zero-order valence-electron chi connectivity index (χ0n) is 14.6. The Kier molecular flexibility index (Phi) is 4.44. The van der Waals surface area contributed by atoms with Crippen LogP contribution in [-0.4, -0.2) is 25.8 Å². The van der Waals surface area contributed by atoms with Crippen LogP contribution >= 0.6 is 11.6 Å². The lowest BCUT2D eigenvalue weighted by Gasteiger charge is -2.09. The maximum absolute atomic E-state index is 13.2. The van der Waals surface area contributed by atoms with E-state index in [1.165, 1.54) is 24.4 Å². The van der Waals surface area contributed by atoms with Crippen LogP contribution in [0.15, 0.2) is 54.7 Å². The second kappa shape index (κ2) is 6.94. The molecule has 1 amide bonds. The molecule has 4 aromatic rings. The van der Waals surface area contributed by atoms with Crippen molar-refractivity contribution in [2.24, 2.45) is 0 Å². The number of nitrogens with one attached hydrogen (secondary N) is 1. The van der Waals surface area contributed by atoms with Crippen LogP contribution in [0.4, 0.5) is 10.1 Å². The van der Waals surface area contributed by atoms with Gasteiger partial charge in [-0.15, -0.1) is 0 Å². The molecule has 0 saturated heterocycles. The first-order valence-electron chi connectivity index (χ1n) is 8.35. The highest BCUT2D eigenvalue weighted by Crippen LogP contribution is 2.31. The van der Waals surface area contributed by atoms with E-state index < -0.39 is 5.91 Å². The largest absolute Gasteiger partial charge is 0.506 e. The Hall–Kier alpha value is -3.45. The zero-order valence-corrected chi connectivity index (χ0v) is 15.4. The predicted molar refractivity (Wildman–Crippen MR) is 105 cm³/mol. The number of aryl methyl sites for hydroxylation is 1. The fourth-order valence-electron chi connectivity index (χ4n) is 2.90. The van der Waals surface area contributed by atoms with E-state index in [0.29, 0.717) is 22.4 Å². The minimum atomic E-state index is -0.505. The van der Waals surface area contributed by atoms with Gasteiger partial charge in [0.2, 0.25) is 0 Å². The Morgan fingerprint density at radius 2 is 1.89 bits per heavy atom. The van der Waals surface area contributed by atoms with Gasteiger partial charge in [-0.3, -0.25) is 4.79 Å². The van der Waals surface area contributed by atoms with Gasteiger partial charge in [-0.25, -0.2) is 14.1 Å². The van der Waals surface area contributed by atoms with Crippen molar-refractivity contribution < 1.29 is 14.3 Å². The number of anilines is 1. The number of amides is 1. The lowest BCUT2D eigenvalue weighted by molar-refractivity contribution is 0.102. The minimum Gasteiger partial charge on any atom is -0.506 e. The van der Waals surface area contributed by atoms with Crippen molar-refractivity contribution in [3.05, 3.63) is 76.8 Å². The predicted octanol–water partition coefficient (Wildman–Crippen LogP) is 4.48. The van der Waals surface area contributed by atoms with Crippen LogP contribution in [0, 0.1) is 12.7 Å². The number of rotatable bonds is 3. The van der Waals surface area contributed by atoms with Crippen LogP contribution in [0.1, 0.15) is 16.1 Å². The fourth-order valence-corrected chi connectivity index (χ4v) is 3.25. The summed E-state index contributed by atoms with van der Waals surface area (Å²) in [7, 11) is 0. The van der Waals surface area contributed by atoms with Crippen LogP contribution in [0.5, 0.6) is 5.75 Å². The van der Waals surface area contributed by atoms with Gasteiger partial charge in [-0.05, 0) is 43.3 Å². The summed E-state index contributed by atoms with van der Waals surface area (Å²) >= 11 is 6.50. The summed E-state index contributed by atoms with van der Waals surface area (Å²) < 4.78 is 14.7. The molecule has 140 valence electrons. The Bertz CT molecular complexity index is 1210. The quantitative estimate of drug-likeness (QED) is 0.500. The first-order valence-corrected chi connectivity index (χ1v) is 8.72. The van der Waals surface area contributed by atoms with E-state index in [9.17, 15) is 14.3 Å². The lowest BCUT2D eigenvalue weighted by atomic mass is 10.2. The molecule has 2 aromatic heterocycles. The van der Waals surface area contributed by atoms with Gasteiger partial charge in [0.15, 0.2) is 5.65 Å². The Balaban J connectivity index is 1.77. The van der Waals surface area contributed by atoms with Crippen LogP contribution in [0.25, 0.3) is 16.7 Å². The van der Waals surface area contributed by atoms with Crippen molar-refractivity contribution in [2.45, 2.75) is 6.92 Å². The molecule has 0 bridgehead atoms. The summed E-state index contributed by atoms with van der Waals surface area (Å²) in [6.07, 6.45) is 1.35. The molecule has 4 rings (SSSR count). The van der Waals surface area contributed by atoms with Gasteiger partial charge in [0.05, 0.1) is 33.0 Å². The van der Waals surface area contributed by atoms with E-state index in [4.69, 9.17) is 11.6 Å². The first-order chi connectivity index (χ1) is 13.5. The van der Waals surface area contributed by atoms with E-state index in [0.717, 1.165) is 0 Å². The molecular formula is C20H14ClFN4O2. The third kappa shape index (κ3) is 3.05. The van der Waals surface area contributed by atoms with Crippen molar-refractivity contribution in [1.82, 2.24) is 14.8 Å². The van der Waals surface area contributed by atoms with Gasteiger partial charge in [-0.1, -0.05) is 23.7 Å². The van der Waals surface area contributed by atoms with Crippen molar-refractivity contribution in [3.63, 3.8) is 0 Å². The smallest absolute Gasteiger partial charge is 0.258 e. The number of aromatic hydroxyl groups is 1. The molecule has 2 heterocycles. The number of carbonyl (C=O) groups is 1. The summed E-state index contributed by atoms with van der Waals surface area (Å²) in [6.45, 7) is 1.75. The maximum Gasteiger partial charge on any atom is 0.258 e. The lowest BCUT2D eigenvalue weighted by Crippen LogP contribution is -2.13. The topological polar surface area (TPSA) is 80.0 Å². The minimum absolute atomic E-state index is 0.0543. The molecule has 2 N–H and O–H groups in total. The number of carbonyl (C=O) groups excluding carboxylic acids is 1. The number of phenolic OH excluding ortho intramolecular Hbond substituents is 1. The summed E-state index contributed by atoms with van der Waals surface area (Å²) in [5.74, 6) is -0.915. The van der Waals surface area contributed by atoms with Gasteiger partial charge in [0.25, 0.3) is 5.91 Å².